The van der Waals surface area contributed by atoms with Gasteiger partial charge in [-0.25, -0.2) is 9.97 Å². The number of nitrogens with one attached hydrogen (secondary N) is 1. The Labute approximate surface area is 131 Å². The van der Waals surface area contributed by atoms with Crippen molar-refractivity contribution >= 4 is 23.4 Å². The number of amides is 1. The van der Waals surface area contributed by atoms with Crippen LogP contribution in [0.3, 0.4) is 0 Å². The summed E-state index contributed by atoms with van der Waals surface area (Å²) in [5.41, 5.74) is 0.967. The van der Waals surface area contributed by atoms with Crippen LogP contribution in [0.5, 0.6) is 0 Å². The fourth-order valence-electron chi connectivity index (χ4n) is 1.78. The summed E-state index contributed by atoms with van der Waals surface area (Å²) in [4.78, 5) is 25.7. The van der Waals surface area contributed by atoms with Crippen molar-refractivity contribution in [3.05, 3.63) is 72.9 Å². The van der Waals surface area contributed by atoms with Crippen molar-refractivity contribution < 1.29 is 4.79 Å². The number of hydrogen-bond acceptors (Lipinski definition) is 5. The standard InChI is InChI=1S/C16H12N4OS/c21-15(20-12-6-8-17-9-7-12)14-16(19-11-10-18-14)22-13-4-2-1-3-5-13/h1-11H,(H,17,20,21). The highest BCUT2D eigenvalue weighted by molar-refractivity contribution is 7.99. The molecule has 1 aromatic carbocycles. The maximum Gasteiger partial charge on any atom is 0.277 e. The maximum absolute atomic E-state index is 12.4. The minimum Gasteiger partial charge on any atom is -0.320 e. The molecule has 0 unspecified atom stereocenters. The van der Waals surface area contributed by atoms with Crippen LogP contribution in [0.4, 0.5) is 5.69 Å². The summed E-state index contributed by atoms with van der Waals surface area (Å²) in [6.07, 6.45) is 6.32. The molecule has 0 fully saturated rings. The molecule has 0 bridgehead atoms. The van der Waals surface area contributed by atoms with Gasteiger partial charge in [0.1, 0.15) is 5.03 Å². The van der Waals surface area contributed by atoms with Crippen molar-refractivity contribution in [2.75, 3.05) is 5.32 Å². The van der Waals surface area contributed by atoms with Crippen molar-refractivity contribution in [3.8, 4) is 0 Å². The van der Waals surface area contributed by atoms with Gasteiger partial charge in [-0.2, -0.15) is 0 Å². The van der Waals surface area contributed by atoms with Crippen LogP contribution in [0, 0.1) is 0 Å². The van der Waals surface area contributed by atoms with Crippen LogP contribution in [0.2, 0.25) is 0 Å². The fraction of sp³-hybridized carbons (Fsp3) is 0. The van der Waals surface area contributed by atoms with Gasteiger partial charge in [-0.3, -0.25) is 9.78 Å². The number of pyridine rings is 1. The summed E-state index contributed by atoms with van der Waals surface area (Å²) in [5, 5.41) is 3.36. The smallest absolute Gasteiger partial charge is 0.277 e. The zero-order valence-electron chi connectivity index (χ0n) is 11.5. The molecular formula is C16H12N4OS. The second kappa shape index (κ2) is 6.82. The third-order valence-electron chi connectivity index (χ3n) is 2.78. The molecule has 1 amide bonds. The Bertz CT molecular complexity index is 765. The molecule has 0 aliphatic rings. The van der Waals surface area contributed by atoms with Gasteiger partial charge in [-0.05, 0) is 24.3 Å². The van der Waals surface area contributed by atoms with Crippen molar-refractivity contribution in [1.82, 2.24) is 15.0 Å². The molecule has 3 rings (SSSR count). The fourth-order valence-corrected chi connectivity index (χ4v) is 2.65. The summed E-state index contributed by atoms with van der Waals surface area (Å²) in [6.45, 7) is 0. The topological polar surface area (TPSA) is 67.8 Å². The summed E-state index contributed by atoms with van der Waals surface area (Å²) >= 11 is 1.41. The van der Waals surface area contributed by atoms with Crippen LogP contribution in [-0.2, 0) is 0 Å². The highest BCUT2D eigenvalue weighted by Gasteiger charge is 2.15. The van der Waals surface area contributed by atoms with E-state index in [-0.39, 0.29) is 5.91 Å². The summed E-state index contributed by atoms with van der Waals surface area (Å²) < 4.78 is 0. The lowest BCUT2D eigenvalue weighted by Gasteiger charge is -2.07. The Hall–Kier alpha value is -2.73. The summed E-state index contributed by atoms with van der Waals surface area (Å²) in [5.74, 6) is -0.294. The SMILES string of the molecule is O=C(Nc1ccncc1)c1nccnc1Sc1ccccc1. The van der Waals surface area contributed by atoms with Gasteiger partial charge in [0.25, 0.3) is 5.91 Å². The van der Waals surface area contributed by atoms with Crippen LogP contribution in [-0.4, -0.2) is 20.9 Å². The van der Waals surface area contributed by atoms with Gasteiger partial charge in [0.05, 0.1) is 0 Å². The van der Waals surface area contributed by atoms with E-state index in [0.717, 1.165) is 4.90 Å². The van der Waals surface area contributed by atoms with E-state index in [1.165, 1.54) is 18.0 Å². The molecule has 0 aliphatic heterocycles. The van der Waals surface area contributed by atoms with E-state index in [1.54, 1.807) is 30.7 Å². The van der Waals surface area contributed by atoms with Crippen LogP contribution < -0.4 is 5.32 Å². The number of anilines is 1. The van der Waals surface area contributed by atoms with Gasteiger partial charge >= 0.3 is 0 Å². The first-order valence-corrected chi connectivity index (χ1v) is 7.40. The Kier molecular flexibility index (Phi) is 4.41. The first kappa shape index (κ1) is 14.2. The first-order chi connectivity index (χ1) is 10.8. The molecule has 22 heavy (non-hydrogen) atoms. The zero-order chi connectivity index (χ0) is 15.2. The molecule has 0 spiro atoms. The Morgan fingerprint density at radius 3 is 2.41 bits per heavy atom. The molecular weight excluding hydrogens is 296 g/mol. The van der Waals surface area contributed by atoms with E-state index in [2.05, 4.69) is 20.3 Å². The van der Waals surface area contributed by atoms with Crippen LogP contribution in [0.25, 0.3) is 0 Å². The van der Waals surface area contributed by atoms with Gasteiger partial charge in [0, 0.05) is 35.4 Å². The number of nitrogens with zero attached hydrogens (tertiary/aromatic N) is 3. The van der Waals surface area contributed by atoms with Crippen LogP contribution in [0.15, 0.2) is 77.2 Å². The van der Waals surface area contributed by atoms with E-state index < -0.39 is 0 Å². The third kappa shape index (κ3) is 3.48. The second-order valence-electron chi connectivity index (χ2n) is 4.32. The largest absolute Gasteiger partial charge is 0.320 e. The maximum atomic E-state index is 12.4. The summed E-state index contributed by atoms with van der Waals surface area (Å²) in [6, 6.07) is 13.2. The van der Waals surface area contributed by atoms with E-state index in [9.17, 15) is 4.79 Å². The lowest BCUT2D eigenvalue weighted by molar-refractivity contribution is 0.101. The van der Waals surface area contributed by atoms with E-state index in [1.807, 2.05) is 30.3 Å². The number of carbonyl (C=O) groups excluding carboxylic acids is 1. The molecule has 108 valence electrons. The molecule has 0 radical (unpaired) electrons. The van der Waals surface area contributed by atoms with Crippen molar-refractivity contribution in [3.63, 3.8) is 0 Å². The molecule has 0 atom stereocenters. The predicted molar refractivity (Wildman–Crippen MR) is 84.8 cm³/mol. The lowest BCUT2D eigenvalue weighted by atomic mass is 10.3. The van der Waals surface area contributed by atoms with E-state index >= 15 is 0 Å². The normalized spacial score (nSPS) is 10.2. The number of aromatic nitrogens is 3. The summed E-state index contributed by atoms with van der Waals surface area (Å²) in [7, 11) is 0. The Morgan fingerprint density at radius 1 is 0.909 bits per heavy atom. The monoisotopic (exact) mass is 308 g/mol. The second-order valence-corrected chi connectivity index (χ2v) is 5.38. The quantitative estimate of drug-likeness (QED) is 0.801. The van der Waals surface area contributed by atoms with Crippen molar-refractivity contribution in [2.24, 2.45) is 0 Å². The molecule has 0 aliphatic carbocycles. The predicted octanol–water partition coefficient (Wildman–Crippen LogP) is 3.28. The highest BCUT2D eigenvalue weighted by Crippen LogP contribution is 2.27. The molecule has 1 N–H and O–H groups in total. The minimum absolute atomic E-state index is 0.294. The highest BCUT2D eigenvalue weighted by atomic mass is 32.2. The van der Waals surface area contributed by atoms with Crippen molar-refractivity contribution in [1.29, 1.82) is 0 Å². The van der Waals surface area contributed by atoms with Crippen molar-refractivity contribution in [2.45, 2.75) is 9.92 Å². The molecule has 2 aromatic heterocycles. The average molecular weight is 308 g/mol. The minimum atomic E-state index is -0.294. The number of benzene rings is 1. The van der Waals surface area contributed by atoms with E-state index in [4.69, 9.17) is 0 Å². The zero-order valence-corrected chi connectivity index (χ0v) is 12.3. The third-order valence-corrected chi connectivity index (χ3v) is 3.78. The molecule has 2 heterocycles. The number of carbonyl (C=O) groups is 1. The molecule has 3 aromatic rings. The lowest BCUT2D eigenvalue weighted by Crippen LogP contribution is -2.15. The molecule has 0 saturated heterocycles. The van der Waals surface area contributed by atoms with E-state index in [0.29, 0.717) is 16.4 Å². The molecule has 5 nitrogen and oxygen atoms in total. The Balaban J connectivity index is 1.83. The number of rotatable bonds is 4. The molecule has 6 heteroatoms. The Morgan fingerprint density at radius 2 is 1.64 bits per heavy atom. The number of hydrogen-bond donors (Lipinski definition) is 1. The van der Waals surface area contributed by atoms with Gasteiger partial charge in [-0.1, -0.05) is 30.0 Å². The van der Waals surface area contributed by atoms with Gasteiger partial charge < -0.3 is 5.32 Å². The van der Waals surface area contributed by atoms with Gasteiger partial charge in [0.2, 0.25) is 0 Å². The van der Waals surface area contributed by atoms with Crippen LogP contribution in [0.1, 0.15) is 10.5 Å². The first-order valence-electron chi connectivity index (χ1n) is 6.58. The van der Waals surface area contributed by atoms with Crippen LogP contribution >= 0.6 is 11.8 Å². The van der Waals surface area contributed by atoms with Gasteiger partial charge in [0.15, 0.2) is 5.69 Å². The average Bonchev–Trinajstić information content (AvgIpc) is 2.57. The van der Waals surface area contributed by atoms with Gasteiger partial charge in [-0.15, -0.1) is 0 Å². The molecule has 0 saturated carbocycles.